The first-order chi connectivity index (χ1) is 9.65. The molecule has 20 heavy (non-hydrogen) atoms. The number of nitrogens with two attached hydrogens (primary N) is 1. The van der Waals surface area contributed by atoms with Gasteiger partial charge in [-0.1, -0.05) is 6.92 Å². The molecule has 0 aromatic carbocycles. The molecule has 5 heteroatoms. The Morgan fingerprint density at radius 2 is 2.05 bits per heavy atom. The Morgan fingerprint density at radius 1 is 1.25 bits per heavy atom. The fraction of sp³-hybridized carbons (Fsp3) is 0.933. The molecule has 1 aliphatic rings. The van der Waals surface area contributed by atoms with Crippen LogP contribution >= 0.6 is 0 Å². The summed E-state index contributed by atoms with van der Waals surface area (Å²) < 4.78 is 10.3. The predicted octanol–water partition coefficient (Wildman–Crippen LogP) is 1.31. The van der Waals surface area contributed by atoms with Crippen LogP contribution in [0, 0.1) is 11.8 Å². The molecule has 0 aromatic heterocycles. The Hall–Kier alpha value is -0.650. The average Bonchev–Trinajstić information content (AvgIpc) is 2.44. The molecule has 1 amide bonds. The van der Waals surface area contributed by atoms with Gasteiger partial charge in [-0.25, -0.2) is 0 Å². The number of methoxy groups -OCH3 is 1. The number of nitrogens with one attached hydrogen (secondary N) is 1. The number of hydrogen-bond acceptors (Lipinski definition) is 4. The van der Waals surface area contributed by atoms with Crippen LogP contribution < -0.4 is 11.1 Å². The summed E-state index contributed by atoms with van der Waals surface area (Å²) in [6, 6.07) is 0.191. The van der Waals surface area contributed by atoms with Crippen LogP contribution in [-0.2, 0) is 14.3 Å². The van der Waals surface area contributed by atoms with Gasteiger partial charge >= 0.3 is 0 Å². The number of carbonyl (C=O) groups is 1. The zero-order valence-corrected chi connectivity index (χ0v) is 12.9. The molecule has 0 aromatic rings. The molecule has 0 aliphatic heterocycles. The van der Waals surface area contributed by atoms with Gasteiger partial charge in [0.05, 0.1) is 13.2 Å². The number of ether oxygens (including phenoxy) is 2. The van der Waals surface area contributed by atoms with E-state index < -0.39 is 0 Å². The van der Waals surface area contributed by atoms with Crippen molar-refractivity contribution in [1.82, 2.24) is 5.32 Å². The van der Waals surface area contributed by atoms with Crippen LogP contribution in [0.2, 0.25) is 0 Å². The highest BCUT2D eigenvalue weighted by atomic mass is 16.5. The Morgan fingerprint density at radius 3 is 2.80 bits per heavy atom. The monoisotopic (exact) mass is 286 g/mol. The Balaban J connectivity index is 2.04. The molecular formula is C15H30N2O3. The highest BCUT2D eigenvalue weighted by Gasteiger charge is 2.30. The van der Waals surface area contributed by atoms with E-state index in [9.17, 15) is 4.79 Å². The van der Waals surface area contributed by atoms with Crippen molar-refractivity contribution in [3.8, 4) is 0 Å². The first-order valence-electron chi connectivity index (χ1n) is 7.75. The molecule has 0 heterocycles. The lowest BCUT2D eigenvalue weighted by atomic mass is 9.78. The molecule has 1 aliphatic carbocycles. The average molecular weight is 286 g/mol. The highest BCUT2D eigenvalue weighted by molar-refractivity contribution is 5.79. The summed E-state index contributed by atoms with van der Waals surface area (Å²) in [6.07, 6.45) is 4.85. The van der Waals surface area contributed by atoms with Gasteiger partial charge in [-0.15, -0.1) is 0 Å². The van der Waals surface area contributed by atoms with Gasteiger partial charge in [-0.05, 0) is 38.0 Å². The van der Waals surface area contributed by atoms with Crippen LogP contribution in [-0.4, -0.2) is 45.4 Å². The molecule has 1 rings (SSSR count). The summed E-state index contributed by atoms with van der Waals surface area (Å²) in [5.74, 6) is 0.719. The van der Waals surface area contributed by atoms with E-state index in [1.54, 1.807) is 7.11 Å². The minimum Gasteiger partial charge on any atom is -0.382 e. The van der Waals surface area contributed by atoms with E-state index in [4.69, 9.17) is 15.2 Å². The first-order valence-corrected chi connectivity index (χ1v) is 7.75. The highest BCUT2D eigenvalue weighted by Crippen LogP contribution is 2.29. The molecule has 1 fully saturated rings. The molecule has 0 saturated heterocycles. The summed E-state index contributed by atoms with van der Waals surface area (Å²) in [6.45, 7) is 4.88. The number of unbranched alkanes of at least 4 members (excludes halogenated alkanes) is 1. The fourth-order valence-electron chi connectivity index (χ4n) is 2.64. The van der Waals surface area contributed by atoms with Crippen LogP contribution in [0.1, 0.15) is 39.0 Å². The largest absolute Gasteiger partial charge is 0.382 e. The van der Waals surface area contributed by atoms with Crippen molar-refractivity contribution in [3.63, 3.8) is 0 Å². The lowest BCUT2D eigenvalue weighted by Crippen LogP contribution is -2.41. The third-order valence-electron chi connectivity index (χ3n) is 4.02. The van der Waals surface area contributed by atoms with Crippen molar-refractivity contribution in [2.24, 2.45) is 17.6 Å². The van der Waals surface area contributed by atoms with E-state index in [1.165, 1.54) is 0 Å². The van der Waals surface area contributed by atoms with Gasteiger partial charge in [0.2, 0.25) is 5.91 Å². The second-order valence-corrected chi connectivity index (χ2v) is 5.76. The molecule has 118 valence electrons. The topological polar surface area (TPSA) is 73.6 Å². The summed E-state index contributed by atoms with van der Waals surface area (Å²) in [5.41, 5.74) is 5.95. The molecule has 0 spiro atoms. The number of carbonyl (C=O) groups excluding carboxylic acids is 1. The van der Waals surface area contributed by atoms with Crippen molar-refractivity contribution >= 4 is 5.91 Å². The first kappa shape index (κ1) is 17.4. The van der Waals surface area contributed by atoms with Crippen molar-refractivity contribution in [3.05, 3.63) is 0 Å². The van der Waals surface area contributed by atoms with Gasteiger partial charge in [0.15, 0.2) is 0 Å². The third-order valence-corrected chi connectivity index (χ3v) is 4.02. The van der Waals surface area contributed by atoms with Gasteiger partial charge < -0.3 is 20.5 Å². The lowest BCUT2D eigenvalue weighted by molar-refractivity contribution is -0.127. The van der Waals surface area contributed by atoms with E-state index in [0.717, 1.165) is 45.3 Å². The second-order valence-electron chi connectivity index (χ2n) is 5.76. The van der Waals surface area contributed by atoms with E-state index in [1.807, 2.05) is 0 Å². The maximum Gasteiger partial charge on any atom is 0.223 e. The molecule has 5 nitrogen and oxygen atoms in total. The van der Waals surface area contributed by atoms with E-state index >= 15 is 0 Å². The van der Waals surface area contributed by atoms with Crippen molar-refractivity contribution in [2.75, 3.05) is 33.5 Å². The minimum absolute atomic E-state index is 0.0942. The number of amides is 1. The van der Waals surface area contributed by atoms with Gasteiger partial charge in [0.1, 0.15) is 0 Å². The SMILES string of the molecule is COCCOCCCCNC(=O)C1CC(N)CCC1C. The summed E-state index contributed by atoms with van der Waals surface area (Å²) in [5, 5.41) is 3.03. The fourth-order valence-corrected chi connectivity index (χ4v) is 2.64. The Kier molecular flexibility index (Phi) is 8.82. The van der Waals surface area contributed by atoms with Crippen molar-refractivity contribution < 1.29 is 14.3 Å². The maximum absolute atomic E-state index is 12.1. The molecule has 0 bridgehead atoms. The van der Waals surface area contributed by atoms with E-state index in [0.29, 0.717) is 19.1 Å². The molecular weight excluding hydrogens is 256 g/mol. The van der Waals surface area contributed by atoms with Crippen LogP contribution in [0.25, 0.3) is 0 Å². The molecule has 3 N–H and O–H groups in total. The van der Waals surface area contributed by atoms with Crippen LogP contribution in [0.5, 0.6) is 0 Å². The third kappa shape index (κ3) is 6.68. The maximum atomic E-state index is 12.1. The number of rotatable bonds is 9. The Labute approximate surface area is 122 Å². The summed E-state index contributed by atoms with van der Waals surface area (Å²) >= 11 is 0. The van der Waals surface area contributed by atoms with Crippen LogP contribution in [0.15, 0.2) is 0 Å². The quantitative estimate of drug-likeness (QED) is 0.627. The smallest absolute Gasteiger partial charge is 0.223 e. The van der Waals surface area contributed by atoms with Gasteiger partial charge in [-0.2, -0.15) is 0 Å². The van der Waals surface area contributed by atoms with Crippen molar-refractivity contribution in [1.29, 1.82) is 0 Å². The molecule has 3 unspecified atom stereocenters. The zero-order valence-electron chi connectivity index (χ0n) is 12.9. The minimum atomic E-state index is 0.0942. The predicted molar refractivity (Wildman–Crippen MR) is 79.4 cm³/mol. The van der Waals surface area contributed by atoms with Gasteiger partial charge in [0.25, 0.3) is 0 Å². The van der Waals surface area contributed by atoms with E-state index in [-0.39, 0.29) is 17.9 Å². The van der Waals surface area contributed by atoms with Crippen LogP contribution in [0.3, 0.4) is 0 Å². The van der Waals surface area contributed by atoms with E-state index in [2.05, 4.69) is 12.2 Å². The molecule has 0 radical (unpaired) electrons. The second kappa shape index (κ2) is 10.1. The van der Waals surface area contributed by atoms with Crippen LogP contribution in [0.4, 0.5) is 0 Å². The van der Waals surface area contributed by atoms with Gasteiger partial charge in [-0.3, -0.25) is 4.79 Å². The standard InChI is InChI=1S/C15H30N2O3/c1-12-5-6-13(16)11-14(12)15(18)17-7-3-4-8-20-10-9-19-2/h12-14H,3-11,16H2,1-2H3,(H,17,18). The summed E-state index contributed by atoms with van der Waals surface area (Å²) in [7, 11) is 1.66. The molecule has 3 atom stereocenters. The van der Waals surface area contributed by atoms with Gasteiger partial charge in [0, 0.05) is 32.2 Å². The summed E-state index contributed by atoms with van der Waals surface area (Å²) in [4.78, 5) is 12.1. The van der Waals surface area contributed by atoms with Crippen molar-refractivity contribution in [2.45, 2.75) is 45.1 Å². The Bertz CT molecular complexity index is 274. The number of hydrogen-bond donors (Lipinski definition) is 2. The zero-order chi connectivity index (χ0) is 14.8. The molecule has 1 saturated carbocycles. The normalized spacial score (nSPS) is 26.4. The lowest BCUT2D eigenvalue weighted by Gasteiger charge is -2.31.